The Kier molecular flexibility index (Phi) is 6.75. The molecule has 0 spiro atoms. The monoisotopic (exact) mass is 376 g/mol. The lowest BCUT2D eigenvalue weighted by molar-refractivity contribution is -0.137. The fourth-order valence-electron chi connectivity index (χ4n) is 3.04. The van der Waals surface area contributed by atoms with Gasteiger partial charge in [-0.1, -0.05) is 24.3 Å². The van der Waals surface area contributed by atoms with Crippen LogP contribution in [0.25, 0.3) is 0 Å². The summed E-state index contributed by atoms with van der Waals surface area (Å²) in [6.07, 6.45) is 0.704. The van der Waals surface area contributed by atoms with Crippen LogP contribution in [0.1, 0.15) is 43.4 Å². The highest BCUT2D eigenvalue weighted by molar-refractivity contribution is 5.80. The maximum atomic E-state index is 12.2. The minimum atomic E-state index is -0.989. The third-order valence-electron chi connectivity index (χ3n) is 4.36. The quantitative estimate of drug-likeness (QED) is 0.372. The van der Waals surface area contributed by atoms with Crippen LogP contribution in [0.5, 0.6) is 0 Å². The average molecular weight is 376 g/mol. The zero-order chi connectivity index (χ0) is 20.0. The molecule has 146 valence electrons. The van der Waals surface area contributed by atoms with Crippen molar-refractivity contribution in [2.24, 2.45) is 10.9 Å². The van der Waals surface area contributed by atoms with Gasteiger partial charge in [0.15, 0.2) is 0 Å². The van der Waals surface area contributed by atoms with Gasteiger partial charge in [-0.15, -0.1) is 0 Å². The zero-order valence-corrected chi connectivity index (χ0v) is 15.3. The van der Waals surface area contributed by atoms with Gasteiger partial charge in [0.2, 0.25) is 5.91 Å². The first kappa shape index (κ1) is 20.2. The third-order valence-corrected chi connectivity index (χ3v) is 4.36. The van der Waals surface area contributed by atoms with Crippen molar-refractivity contribution in [2.75, 3.05) is 7.05 Å². The predicted octanol–water partition coefficient (Wildman–Crippen LogP) is 1.23. The molecule has 1 saturated heterocycles. The molecule has 9 nitrogen and oxygen atoms in total. The molecule has 0 aromatic heterocycles. The Morgan fingerprint density at radius 2 is 2.11 bits per heavy atom. The molecule has 9 heteroatoms. The number of nitrogens with two attached hydrogens (primary N) is 1. The maximum Gasteiger partial charge on any atom is 0.410 e. The summed E-state index contributed by atoms with van der Waals surface area (Å²) in [7, 11) is 1.65. The number of hydrazone groups is 1. The molecule has 1 aliphatic rings. The van der Waals surface area contributed by atoms with Gasteiger partial charge in [-0.25, -0.2) is 4.79 Å². The summed E-state index contributed by atoms with van der Waals surface area (Å²) in [5.74, 6) is 3.80. The fourth-order valence-corrected chi connectivity index (χ4v) is 3.04. The minimum absolute atomic E-state index is 0.0159. The van der Waals surface area contributed by atoms with Crippen molar-refractivity contribution in [3.63, 3.8) is 0 Å². The van der Waals surface area contributed by atoms with Crippen molar-refractivity contribution >= 4 is 24.2 Å². The summed E-state index contributed by atoms with van der Waals surface area (Å²) in [6, 6.07) is 6.71. The molecule has 0 bridgehead atoms. The predicted molar refractivity (Wildman–Crippen MR) is 98.1 cm³/mol. The van der Waals surface area contributed by atoms with Crippen LogP contribution in [0.4, 0.5) is 4.79 Å². The van der Waals surface area contributed by atoms with E-state index >= 15 is 0 Å². The maximum absolute atomic E-state index is 12.2. The first-order valence-electron chi connectivity index (χ1n) is 8.58. The summed E-state index contributed by atoms with van der Waals surface area (Å²) in [5, 5.41) is 14.8. The Balaban J connectivity index is 2.02. The number of ether oxygens (including phenoxy) is 1. The summed E-state index contributed by atoms with van der Waals surface area (Å²) in [4.78, 5) is 36.5. The number of carboxylic acid groups (broad SMARTS) is 1. The van der Waals surface area contributed by atoms with Crippen molar-refractivity contribution in [1.82, 2.24) is 10.2 Å². The van der Waals surface area contributed by atoms with Crippen molar-refractivity contribution in [3.8, 4) is 0 Å². The molecule has 3 atom stereocenters. The number of nitrogens with zero attached hydrogens (tertiary/aromatic N) is 2. The molecule has 2 rings (SSSR count). The zero-order valence-electron chi connectivity index (χ0n) is 15.3. The van der Waals surface area contributed by atoms with Crippen molar-refractivity contribution in [3.05, 3.63) is 35.4 Å². The molecule has 1 heterocycles. The molecule has 2 amide bonds. The van der Waals surface area contributed by atoms with Crippen LogP contribution in [-0.2, 0) is 14.3 Å². The molecule has 0 radical (unpaired) electrons. The highest BCUT2D eigenvalue weighted by Gasteiger charge is 2.35. The number of hydrogen-bond donors (Lipinski definition) is 3. The topological polar surface area (TPSA) is 134 Å². The van der Waals surface area contributed by atoms with Crippen molar-refractivity contribution in [2.45, 2.75) is 44.4 Å². The molecule has 1 fully saturated rings. The SMILES string of the molecule is C[C@H](CC(=O)O)NC(=O)C[C@H]1C[C@@H](c2ccc(C=NN)cc2)N(C)C(=O)O1. The number of cyclic esters (lactones) is 1. The minimum Gasteiger partial charge on any atom is -0.481 e. The molecule has 4 N–H and O–H groups in total. The van der Waals surface area contributed by atoms with Gasteiger partial charge in [0.25, 0.3) is 0 Å². The van der Waals surface area contributed by atoms with Crippen LogP contribution in [0, 0.1) is 0 Å². The number of hydrogen-bond acceptors (Lipinski definition) is 6. The van der Waals surface area contributed by atoms with Gasteiger partial charge in [-0.2, -0.15) is 5.10 Å². The fraction of sp³-hybridized carbons (Fsp3) is 0.444. The molecular weight excluding hydrogens is 352 g/mol. The smallest absolute Gasteiger partial charge is 0.410 e. The van der Waals surface area contributed by atoms with Gasteiger partial charge in [-0.3, -0.25) is 9.59 Å². The van der Waals surface area contributed by atoms with Gasteiger partial charge in [0, 0.05) is 19.5 Å². The van der Waals surface area contributed by atoms with Crippen LogP contribution in [0.2, 0.25) is 0 Å². The highest BCUT2D eigenvalue weighted by atomic mass is 16.6. The van der Waals surface area contributed by atoms with E-state index in [1.54, 1.807) is 14.0 Å². The summed E-state index contributed by atoms with van der Waals surface area (Å²) >= 11 is 0. The number of aliphatic carboxylic acids is 1. The van der Waals surface area contributed by atoms with Gasteiger partial charge < -0.3 is 25.9 Å². The Morgan fingerprint density at radius 3 is 2.70 bits per heavy atom. The Hall–Kier alpha value is -3.10. The summed E-state index contributed by atoms with van der Waals surface area (Å²) < 4.78 is 5.32. The number of carboxylic acids is 1. The van der Waals surface area contributed by atoms with Gasteiger partial charge in [-0.05, 0) is 18.1 Å². The van der Waals surface area contributed by atoms with Crippen molar-refractivity contribution < 1.29 is 24.2 Å². The molecule has 0 unspecified atom stereocenters. The van der Waals surface area contributed by atoms with E-state index < -0.39 is 24.2 Å². The second-order valence-corrected chi connectivity index (χ2v) is 6.58. The largest absolute Gasteiger partial charge is 0.481 e. The Morgan fingerprint density at radius 1 is 1.44 bits per heavy atom. The third kappa shape index (κ3) is 5.70. The van der Waals surface area contributed by atoms with Crippen LogP contribution in [0.15, 0.2) is 29.4 Å². The van der Waals surface area contributed by atoms with E-state index in [2.05, 4.69) is 10.4 Å². The molecule has 0 saturated carbocycles. The Bertz CT molecular complexity index is 719. The number of amides is 2. The van der Waals surface area contributed by atoms with E-state index in [9.17, 15) is 14.4 Å². The molecule has 0 aliphatic carbocycles. The molecule has 1 aromatic carbocycles. The number of carbonyl (C=O) groups is 3. The van der Waals surface area contributed by atoms with E-state index in [0.29, 0.717) is 6.42 Å². The molecule has 1 aliphatic heterocycles. The van der Waals surface area contributed by atoms with E-state index in [1.807, 2.05) is 24.3 Å². The van der Waals surface area contributed by atoms with E-state index in [1.165, 1.54) is 11.1 Å². The summed E-state index contributed by atoms with van der Waals surface area (Å²) in [6.45, 7) is 1.61. The standard InChI is InChI=1S/C18H24N4O5/c1-11(7-17(24)25)21-16(23)9-14-8-15(22(2)18(26)27-14)13-5-3-12(4-6-13)10-20-19/h3-6,10-11,14-15H,7-9,19H2,1-2H3,(H,21,23)(H,24,25)/t11-,14-,15+/m1/s1. The molecule has 27 heavy (non-hydrogen) atoms. The number of rotatable bonds is 7. The van der Waals surface area contributed by atoms with Crippen molar-refractivity contribution in [1.29, 1.82) is 0 Å². The van der Waals surface area contributed by atoms with E-state index in [0.717, 1.165) is 11.1 Å². The first-order chi connectivity index (χ1) is 12.8. The Labute approximate surface area is 157 Å². The first-order valence-corrected chi connectivity index (χ1v) is 8.58. The number of nitrogens with one attached hydrogen (secondary N) is 1. The lowest BCUT2D eigenvalue weighted by Crippen LogP contribution is -2.44. The lowest BCUT2D eigenvalue weighted by atomic mass is 9.95. The number of benzene rings is 1. The second kappa shape index (κ2) is 9.02. The highest BCUT2D eigenvalue weighted by Crippen LogP contribution is 2.31. The van der Waals surface area contributed by atoms with Crippen LogP contribution >= 0.6 is 0 Å². The second-order valence-electron chi connectivity index (χ2n) is 6.58. The van der Waals surface area contributed by atoms with Gasteiger partial charge in [0.05, 0.1) is 25.1 Å². The van der Waals surface area contributed by atoms with E-state index in [-0.39, 0.29) is 24.8 Å². The van der Waals surface area contributed by atoms with Gasteiger partial charge >= 0.3 is 12.1 Å². The normalized spacial score (nSPS) is 21.0. The molecule has 1 aromatic rings. The molecular formula is C18H24N4O5. The average Bonchev–Trinajstić information content (AvgIpc) is 2.58. The van der Waals surface area contributed by atoms with Crippen LogP contribution in [-0.4, -0.2) is 53.4 Å². The van der Waals surface area contributed by atoms with Crippen LogP contribution < -0.4 is 11.2 Å². The lowest BCUT2D eigenvalue weighted by Gasteiger charge is -2.36. The summed E-state index contributed by atoms with van der Waals surface area (Å²) in [5.41, 5.74) is 1.75. The van der Waals surface area contributed by atoms with Gasteiger partial charge in [0.1, 0.15) is 6.10 Å². The van der Waals surface area contributed by atoms with Crippen LogP contribution in [0.3, 0.4) is 0 Å². The van der Waals surface area contributed by atoms with E-state index in [4.69, 9.17) is 15.7 Å². The number of carbonyl (C=O) groups excluding carboxylic acids is 2.